The van der Waals surface area contributed by atoms with Crippen LogP contribution in [0, 0.1) is 40.4 Å². The van der Waals surface area contributed by atoms with Crippen LogP contribution in [0.25, 0.3) is 11.0 Å². The molecule has 4 fully saturated rings. The quantitative estimate of drug-likeness (QED) is 0.517. The molecule has 0 spiro atoms. The lowest BCUT2D eigenvalue weighted by atomic mass is 9.44. The van der Waals surface area contributed by atoms with Crippen LogP contribution in [0.2, 0.25) is 0 Å². The molecule has 6 heteroatoms. The van der Waals surface area contributed by atoms with Crippen LogP contribution in [0.4, 0.5) is 0 Å². The molecule has 7 unspecified atom stereocenters. The molecule has 0 bridgehead atoms. The summed E-state index contributed by atoms with van der Waals surface area (Å²) in [6.07, 6.45) is 12.3. The summed E-state index contributed by atoms with van der Waals surface area (Å²) in [4.78, 5) is 16.5. The number of aliphatic hydroxyl groups is 1. The highest BCUT2D eigenvalue weighted by Gasteiger charge is 2.61. The van der Waals surface area contributed by atoms with Gasteiger partial charge in [0, 0.05) is 10.8 Å². The monoisotopic (exact) mass is 495 g/mol. The predicted octanol–water partition coefficient (Wildman–Crippen LogP) is 6.13. The third-order valence-electron chi connectivity index (χ3n) is 11.3. The molecular weight excluding hydrogens is 454 g/mol. The molecule has 5 nitrogen and oxygen atoms in total. The summed E-state index contributed by atoms with van der Waals surface area (Å²) in [6, 6.07) is 6.13. The molecule has 6 rings (SSSR count). The number of hydrogen-bond donors (Lipinski definition) is 1. The van der Waals surface area contributed by atoms with Gasteiger partial charge in [0.2, 0.25) is 0 Å². The normalized spacial score (nSPS) is 42.9. The zero-order valence-electron chi connectivity index (χ0n) is 21.8. The van der Waals surface area contributed by atoms with Crippen molar-refractivity contribution >= 4 is 28.6 Å². The largest absolute Gasteiger partial charge is 0.390 e. The highest BCUT2D eigenvalue weighted by atomic mass is 32.2. The molecule has 1 aromatic heterocycles. The SMILES string of the molecule is CSc1ccc2nn(CC(=O)C3CCC4C5CCC6C[C@](C)(O)CCC6(C)C5CCC34C)nc2c1. The van der Waals surface area contributed by atoms with Gasteiger partial charge in [0.15, 0.2) is 5.78 Å². The zero-order valence-corrected chi connectivity index (χ0v) is 22.6. The average Bonchev–Trinajstić information content (AvgIpc) is 3.38. The van der Waals surface area contributed by atoms with E-state index in [1.54, 1.807) is 16.6 Å². The number of Topliss-reactive ketones (excluding diaryl/α,β-unsaturated/α-hetero) is 1. The van der Waals surface area contributed by atoms with E-state index in [0.29, 0.717) is 29.6 Å². The zero-order chi connectivity index (χ0) is 24.6. The van der Waals surface area contributed by atoms with Crippen LogP contribution in [-0.4, -0.2) is 37.7 Å². The van der Waals surface area contributed by atoms with Crippen LogP contribution in [0.3, 0.4) is 0 Å². The van der Waals surface area contributed by atoms with Crippen LogP contribution in [-0.2, 0) is 11.3 Å². The Kier molecular flexibility index (Phi) is 5.69. The summed E-state index contributed by atoms with van der Waals surface area (Å²) in [5.74, 6) is 3.26. The molecule has 190 valence electrons. The van der Waals surface area contributed by atoms with Gasteiger partial charge in [-0.25, -0.2) is 0 Å². The highest BCUT2D eigenvalue weighted by molar-refractivity contribution is 7.98. The van der Waals surface area contributed by atoms with Crippen molar-refractivity contribution in [1.82, 2.24) is 15.0 Å². The minimum absolute atomic E-state index is 0.111. The summed E-state index contributed by atoms with van der Waals surface area (Å²) in [5.41, 5.74) is 1.73. The van der Waals surface area contributed by atoms with Gasteiger partial charge in [-0.1, -0.05) is 13.8 Å². The van der Waals surface area contributed by atoms with Gasteiger partial charge in [0.1, 0.15) is 17.6 Å². The second kappa shape index (κ2) is 8.31. The second-order valence-corrected chi connectivity index (χ2v) is 14.0. The number of ketones is 1. The molecule has 4 aliphatic carbocycles. The minimum Gasteiger partial charge on any atom is -0.390 e. The van der Waals surface area contributed by atoms with E-state index < -0.39 is 5.60 Å². The van der Waals surface area contributed by atoms with Gasteiger partial charge in [-0.3, -0.25) is 4.79 Å². The average molecular weight is 496 g/mol. The van der Waals surface area contributed by atoms with Crippen molar-refractivity contribution in [3.63, 3.8) is 0 Å². The molecule has 35 heavy (non-hydrogen) atoms. The molecule has 4 aliphatic rings. The summed E-state index contributed by atoms with van der Waals surface area (Å²) in [6.45, 7) is 7.31. The van der Waals surface area contributed by atoms with Crippen LogP contribution >= 0.6 is 11.8 Å². The molecule has 1 N–H and O–H groups in total. The Morgan fingerprint density at radius 2 is 1.77 bits per heavy atom. The number of carbonyl (C=O) groups is 1. The number of benzene rings is 1. The smallest absolute Gasteiger partial charge is 0.159 e. The van der Waals surface area contributed by atoms with Crippen molar-refractivity contribution in [2.45, 2.75) is 95.6 Å². The Hall–Kier alpha value is -1.40. The predicted molar refractivity (Wildman–Crippen MR) is 140 cm³/mol. The Balaban J connectivity index is 1.19. The van der Waals surface area contributed by atoms with Gasteiger partial charge in [0.05, 0.1) is 5.60 Å². The number of thioether (sulfide) groups is 1. The summed E-state index contributed by atoms with van der Waals surface area (Å²) in [7, 11) is 0. The van der Waals surface area contributed by atoms with Gasteiger partial charge in [-0.2, -0.15) is 15.0 Å². The van der Waals surface area contributed by atoms with Gasteiger partial charge >= 0.3 is 0 Å². The van der Waals surface area contributed by atoms with E-state index in [9.17, 15) is 9.90 Å². The standard InChI is InChI=1S/C29H41N3O2S/c1-27(34)13-14-28(2)18(16-27)5-7-20-21-8-9-23(29(21,3)12-11-22(20)28)26(33)17-32-30-24-10-6-19(35-4)15-25(24)31-32/h6,10,15,18,20-23,34H,5,7-9,11-14,16-17H2,1-4H3/t18?,20?,21?,22?,23?,27-,28?,29?/m1/s1. The van der Waals surface area contributed by atoms with Crippen molar-refractivity contribution in [3.05, 3.63) is 18.2 Å². The fraction of sp³-hybridized carbons (Fsp3) is 0.759. The topological polar surface area (TPSA) is 68.0 Å². The first-order valence-electron chi connectivity index (χ1n) is 13.8. The van der Waals surface area contributed by atoms with E-state index >= 15 is 0 Å². The maximum atomic E-state index is 13.7. The summed E-state index contributed by atoms with van der Waals surface area (Å²) < 4.78 is 0. The van der Waals surface area contributed by atoms with Crippen LogP contribution < -0.4 is 0 Å². The van der Waals surface area contributed by atoms with Crippen LogP contribution in [0.1, 0.15) is 78.6 Å². The molecular formula is C29H41N3O2S. The Morgan fingerprint density at radius 3 is 2.57 bits per heavy atom. The number of carbonyl (C=O) groups excluding carboxylic acids is 1. The van der Waals surface area contributed by atoms with E-state index in [-0.39, 0.29) is 11.3 Å². The Labute approximate surface area is 213 Å². The molecule has 2 aromatic rings. The summed E-state index contributed by atoms with van der Waals surface area (Å²) >= 11 is 1.70. The van der Waals surface area contributed by atoms with Crippen molar-refractivity contribution in [2.24, 2.45) is 40.4 Å². The maximum absolute atomic E-state index is 13.7. The molecule has 0 saturated heterocycles. The third-order valence-corrected chi connectivity index (χ3v) is 12.0. The first-order chi connectivity index (χ1) is 16.6. The van der Waals surface area contributed by atoms with E-state index in [2.05, 4.69) is 42.4 Å². The number of fused-ring (bicyclic) bond motifs is 6. The van der Waals surface area contributed by atoms with E-state index in [1.807, 2.05) is 13.0 Å². The van der Waals surface area contributed by atoms with Crippen molar-refractivity contribution < 1.29 is 9.90 Å². The lowest BCUT2D eigenvalue weighted by Gasteiger charge is -2.61. The number of hydrogen-bond acceptors (Lipinski definition) is 5. The Bertz CT molecular complexity index is 1140. The Morgan fingerprint density at radius 1 is 1.00 bits per heavy atom. The van der Waals surface area contributed by atoms with E-state index in [4.69, 9.17) is 0 Å². The molecule has 1 aromatic carbocycles. The molecule has 4 saturated carbocycles. The van der Waals surface area contributed by atoms with Crippen molar-refractivity contribution in [2.75, 3.05) is 6.26 Å². The first-order valence-corrected chi connectivity index (χ1v) is 15.0. The van der Waals surface area contributed by atoms with Crippen LogP contribution in [0.15, 0.2) is 23.1 Å². The van der Waals surface area contributed by atoms with Gasteiger partial charge < -0.3 is 5.11 Å². The fourth-order valence-electron chi connectivity index (χ4n) is 9.35. The fourth-order valence-corrected chi connectivity index (χ4v) is 9.78. The number of aromatic nitrogens is 3. The molecule has 0 aliphatic heterocycles. The van der Waals surface area contributed by atoms with Gasteiger partial charge in [-0.05, 0) is 124 Å². The number of rotatable bonds is 4. The van der Waals surface area contributed by atoms with Crippen LogP contribution in [0.5, 0.6) is 0 Å². The molecule has 0 amide bonds. The lowest BCUT2D eigenvalue weighted by molar-refractivity contribution is -0.151. The first kappa shape index (κ1) is 24.0. The second-order valence-electron chi connectivity index (χ2n) is 13.1. The molecule has 0 radical (unpaired) electrons. The molecule has 8 atom stereocenters. The van der Waals surface area contributed by atoms with Gasteiger partial charge in [0.25, 0.3) is 0 Å². The van der Waals surface area contributed by atoms with Crippen molar-refractivity contribution in [3.8, 4) is 0 Å². The third kappa shape index (κ3) is 3.80. The van der Waals surface area contributed by atoms with E-state index in [0.717, 1.165) is 48.6 Å². The lowest BCUT2D eigenvalue weighted by Crippen LogP contribution is -2.55. The van der Waals surface area contributed by atoms with E-state index in [1.165, 1.54) is 37.0 Å². The summed E-state index contributed by atoms with van der Waals surface area (Å²) in [5, 5.41) is 20.0. The molecule has 1 heterocycles. The maximum Gasteiger partial charge on any atom is 0.159 e. The highest BCUT2D eigenvalue weighted by Crippen LogP contribution is 2.68. The minimum atomic E-state index is -0.479. The van der Waals surface area contributed by atoms with Crippen molar-refractivity contribution in [1.29, 1.82) is 0 Å². The number of nitrogens with zero attached hydrogens (tertiary/aromatic N) is 3. The van der Waals surface area contributed by atoms with Gasteiger partial charge in [-0.15, -0.1) is 11.8 Å².